The average molecular weight is 288 g/mol. The zero-order valence-corrected chi connectivity index (χ0v) is 11.4. The lowest BCUT2D eigenvalue weighted by molar-refractivity contribution is 0.0951. The van der Waals surface area contributed by atoms with Gasteiger partial charge in [0.1, 0.15) is 10.8 Å². The maximum atomic E-state index is 12.7. The number of carbonyl (C=O) groups excluding carboxylic acids is 1. The molecule has 0 spiro atoms. The van der Waals surface area contributed by atoms with Crippen LogP contribution in [0.25, 0.3) is 0 Å². The highest BCUT2D eigenvalue weighted by Gasteiger charge is 2.05. The Hall–Kier alpha value is -2.27. The quantitative estimate of drug-likeness (QED) is 0.849. The summed E-state index contributed by atoms with van der Waals surface area (Å²) in [6.45, 7) is 0.343. The summed E-state index contributed by atoms with van der Waals surface area (Å²) in [4.78, 5) is 12.2. The van der Waals surface area contributed by atoms with Crippen LogP contribution < -0.4 is 11.1 Å². The van der Waals surface area contributed by atoms with Crippen molar-refractivity contribution in [3.63, 3.8) is 0 Å². The summed E-state index contributed by atoms with van der Waals surface area (Å²) in [6, 6.07) is 12.7. The number of amides is 1. The smallest absolute Gasteiger partial charge is 0.251 e. The molecule has 0 aliphatic carbocycles. The first-order valence-corrected chi connectivity index (χ1v) is 6.39. The fourth-order valence-electron chi connectivity index (χ4n) is 1.67. The molecular weight excluding hydrogens is 275 g/mol. The molecular formula is C15H13FN2OS. The Balaban J connectivity index is 1.97. The Bertz CT molecular complexity index is 623. The second kappa shape index (κ2) is 6.25. The van der Waals surface area contributed by atoms with Crippen LogP contribution in [0.5, 0.6) is 0 Å². The maximum Gasteiger partial charge on any atom is 0.251 e. The lowest BCUT2D eigenvalue weighted by Gasteiger charge is -2.06. The largest absolute Gasteiger partial charge is 0.389 e. The minimum atomic E-state index is -0.298. The van der Waals surface area contributed by atoms with Crippen LogP contribution in [0.4, 0.5) is 4.39 Å². The summed E-state index contributed by atoms with van der Waals surface area (Å²) >= 11 is 4.84. The van der Waals surface area contributed by atoms with Crippen LogP contribution >= 0.6 is 12.2 Å². The number of nitrogens with one attached hydrogen (secondary N) is 1. The van der Waals surface area contributed by atoms with E-state index in [1.807, 2.05) is 0 Å². The number of hydrogen-bond donors (Lipinski definition) is 2. The Labute approximate surface area is 121 Å². The van der Waals surface area contributed by atoms with E-state index >= 15 is 0 Å². The van der Waals surface area contributed by atoms with Gasteiger partial charge in [-0.3, -0.25) is 4.79 Å². The molecule has 0 aromatic heterocycles. The average Bonchev–Trinajstić information content (AvgIpc) is 2.46. The van der Waals surface area contributed by atoms with Crippen LogP contribution in [0.1, 0.15) is 21.5 Å². The molecule has 3 nitrogen and oxygen atoms in total. The van der Waals surface area contributed by atoms with Gasteiger partial charge in [0.05, 0.1) is 0 Å². The van der Waals surface area contributed by atoms with Gasteiger partial charge in [0.15, 0.2) is 0 Å². The lowest BCUT2D eigenvalue weighted by atomic mass is 10.1. The number of thiocarbonyl (C=S) groups is 1. The van der Waals surface area contributed by atoms with Crippen molar-refractivity contribution in [2.45, 2.75) is 6.54 Å². The number of nitrogens with two attached hydrogens (primary N) is 1. The first-order valence-electron chi connectivity index (χ1n) is 5.99. The van der Waals surface area contributed by atoms with E-state index in [0.29, 0.717) is 17.1 Å². The summed E-state index contributed by atoms with van der Waals surface area (Å²) in [5, 5.41) is 2.76. The van der Waals surface area contributed by atoms with E-state index < -0.39 is 0 Å². The molecule has 2 aromatic rings. The van der Waals surface area contributed by atoms with E-state index in [9.17, 15) is 9.18 Å². The van der Waals surface area contributed by atoms with Crippen molar-refractivity contribution in [2.75, 3.05) is 0 Å². The first-order chi connectivity index (χ1) is 9.56. The van der Waals surface area contributed by atoms with E-state index in [0.717, 1.165) is 11.1 Å². The maximum absolute atomic E-state index is 12.7. The molecule has 0 saturated carbocycles. The second-order valence-corrected chi connectivity index (χ2v) is 4.69. The van der Waals surface area contributed by atoms with Crippen LogP contribution in [0.3, 0.4) is 0 Å². The van der Waals surface area contributed by atoms with E-state index in [4.69, 9.17) is 18.0 Å². The molecule has 3 N–H and O–H groups in total. The minimum absolute atomic E-state index is 0.205. The normalized spacial score (nSPS) is 10.1. The van der Waals surface area contributed by atoms with E-state index in [-0.39, 0.29) is 11.7 Å². The highest BCUT2D eigenvalue weighted by Crippen LogP contribution is 2.06. The predicted octanol–water partition coefficient (Wildman–Crippen LogP) is 2.39. The first kappa shape index (κ1) is 14.1. The SMILES string of the molecule is NC(=S)c1ccc(C(=O)NCc2ccc(F)cc2)cc1. The summed E-state index contributed by atoms with van der Waals surface area (Å²) in [5.74, 6) is -0.503. The number of carbonyl (C=O) groups is 1. The molecule has 20 heavy (non-hydrogen) atoms. The molecule has 0 bridgehead atoms. The van der Waals surface area contributed by atoms with Crippen LogP contribution in [0.2, 0.25) is 0 Å². The fraction of sp³-hybridized carbons (Fsp3) is 0.0667. The molecule has 2 aromatic carbocycles. The lowest BCUT2D eigenvalue weighted by Crippen LogP contribution is -2.22. The number of halogens is 1. The molecule has 0 radical (unpaired) electrons. The van der Waals surface area contributed by atoms with Crippen LogP contribution in [0, 0.1) is 5.82 Å². The monoisotopic (exact) mass is 288 g/mol. The van der Waals surface area contributed by atoms with Crippen molar-refractivity contribution in [3.05, 3.63) is 71.0 Å². The molecule has 0 fully saturated rings. The fourth-order valence-corrected chi connectivity index (χ4v) is 1.81. The molecule has 0 heterocycles. The highest BCUT2D eigenvalue weighted by atomic mass is 32.1. The number of hydrogen-bond acceptors (Lipinski definition) is 2. The molecule has 0 aliphatic heterocycles. The summed E-state index contributed by atoms with van der Waals surface area (Å²) in [5.41, 5.74) is 7.56. The van der Waals surface area contributed by atoms with Gasteiger partial charge in [-0.05, 0) is 29.8 Å². The Kier molecular flexibility index (Phi) is 4.42. The van der Waals surface area contributed by atoms with Crippen molar-refractivity contribution in [2.24, 2.45) is 5.73 Å². The summed E-state index contributed by atoms with van der Waals surface area (Å²) in [6.07, 6.45) is 0. The van der Waals surface area contributed by atoms with Crippen molar-refractivity contribution in [3.8, 4) is 0 Å². The molecule has 0 aliphatic rings. The van der Waals surface area contributed by atoms with Crippen LogP contribution in [0.15, 0.2) is 48.5 Å². The van der Waals surface area contributed by atoms with Gasteiger partial charge in [-0.25, -0.2) is 4.39 Å². The highest BCUT2D eigenvalue weighted by molar-refractivity contribution is 7.80. The number of rotatable bonds is 4. The Morgan fingerprint density at radius 2 is 1.60 bits per heavy atom. The van der Waals surface area contributed by atoms with Gasteiger partial charge in [0.25, 0.3) is 5.91 Å². The van der Waals surface area contributed by atoms with Crippen molar-refractivity contribution < 1.29 is 9.18 Å². The van der Waals surface area contributed by atoms with Crippen molar-refractivity contribution in [1.82, 2.24) is 5.32 Å². The third kappa shape index (κ3) is 3.61. The predicted molar refractivity (Wildman–Crippen MR) is 79.9 cm³/mol. The van der Waals surface area contributed by atoms with E-state index in [1.165, 1.54) is 12.1 Å². The zero-order valence-electron chi connectivity index (χ0n) is 10.6. The topological polar surface area (TPSA) is 55.1 Å². The minimum Gasteiger partial charge on any atom is -0.389 e. The molecule has 102 valence electrons. The van der Waals surface area contributed by atoms with Gasteiger partial charge in [0.2, 0.25) is 0 Å². The van der Waals surface area contributed by atoms with Gasteiger partial charge in [-0.15, -0.1) is 0 Å². The van der Waals surface area contributed by atoms with Gasteiger partial charge in [-0.1, -0.05) is 36.5 Å². The van der Waals surface area contributed by atoms with E-state index in [1.54, 1.807) is 36.4 Å². The molecule has 2 rings (SSSR count). The van der Waals surface area contributed by atoms with E-state index in [2.05, 4.69) is 5.32 Å². The standard InChI is InChI=1S/C15H13FN2OS/c16-13-7-1-10(2-8-13)9-18-15(19)12-5-3-11(4-6-12)14(17)20/h1-8H,9H2,(H2,17,20)(H,18,19). The summed E-state index contributed by atoms with van der Waals surface area (Å²) in [7, 11) is 0. The third-order valence-electron chi connectivity index (χ3n) is 2.80. The molecule has 0 saturated heterocycles. The van der Waals surface area contributed by atoms with Gasteiger partial charge in [0, 0.05) is 17.7 Å². The van der Waals surface area contributed by atoms with Crippen molar-refractivity contribution >= 4 is 23.1 Å². The second-order valence-electron chi connectivity index (χ2n) is 4.25. The number of benzene rings is 2. The van der Waals surface area contributed by atoms with Crippen LogP contribution in [-0.4, -0.2) is 10.9 Å². The Morgan fingerprint density at radius 3 is 2.15 bits per heavy atom. The Morgan fingerprint density at radius 1 is 1.05 bits per heavy atom. The van der Waals surface area contributed by atoms with Gasteiger partial charge in [-0.2, -0.15) is 0 Å². The van der Waals surface area contributed by atoms with Crippen LogP contribution in [-0.2, 0) is 6.54 Å². The molecule has 0 unspecified atom stereocenters. The van der Waals surface area contributed by atoms with Gasteiger partial charge < -0.3 is 11.1 Å². The summed E-state index contributed by atoms with van der Waals surface area (Å²) < 4.78 is 12.7. The van der Waals surface area contributed by atoms with Crippen molar-refractivity contribution in [1.29, 1.82) is 0 Å². The third-order valence-corrected chi connectivity index (χ3v) is 3.03. The van der Waals surface area contributed by atoms with Gasteiger partial charge >= 0.3 is 0 Å². The molecule has 0 atom stereocenters. The molecule has 5 heteroatoms. The molecule has 1 amide bonds. The zero-order chi connectivity index (χ0) is 14.5.